The fourth-order valence-electron chi connectivity index (χ4n) is 9.01. The summed E-state index contributed by atoms with van der Waals surface area (Å²) in [7, 11) is 6.41. The van der Waals surface area contributed by atoms with Crippen LogP contribution < -0.4 is 0 Å². The first-order chi connectivity index (χ1) is 31.0. The standard InChI is InChI=1S/C48H75NO17/c1-15-38-35(24-59-47-46(58-14)45(57-13)43(30(7)60-47)63-32(9)52)21-25(2)19-20-36(54)26(3)22-34(18-16-17-27(4)50)41(28(5)37(55)23-39(56)65-38)66-48-44(64-33(10)53)40(49(11)12)42(29(6)61-48)62-31(8)51/h16-17,19-21,26,28-30,34-35,37-38,40-48,55H,15,18,22-24H2,1-14H3/b17-16+,20-19+,25-21+/t26-,28+,29+,30-,34+,35-,37-,38-,40-,41-,42+,43-,44+,45-,46-,47-,48-/m1/s1. The van der Waals surface area contributed by atoms with Gasteiger partial charge in [0, 0.05) is 52.7 Å². The van der Waals surface area contributed by atoms with Gasteiger partial charge < -0.3 is 52.5 Å². The van der Waals surface area contributed by atoms with Crippen molar-refractivity contribution in [2.45, 2.75) is 175 Å². The fraction of sp³-hybridized carbons (Fsp3) is 0.750. The number of carbonyl (C=O) groups is 6. The van der Waals surface area contributed by atoms with Gasteiger partial charge in [0.15, 0.2) is 36.4 Å². The third kappa shape index (κ3) is 16.1. The van der Waals surface area contributed by atoms with E-state index in [-0.39, 0.29) is 31.0 Å². The van der Waals surface area contributed by atoms with Crippen LogP contribution in [0, 0.1) is 23.7 Å². The maximum atomic E-state index is 13.9. The first-order valence-corrected chi connectivity index (χ1v) is 22.8. The Bertz CT molecular complexity index is 1730. The molecule has 0 aromatic heterocycles. The predicted octanol–water partition coefficient (Wildman–Crippen LogP) is 4.22. The fourth-order valence-corrected chi connectivity index (χ4v) is 9.01. The highest BCUT2D eigenvalue weighted by Gasteiger charge is 2.52. The number of nitrogens with zero attached hydrogens (tertiary/aromatic N) is 1. The molecule has 17 atom stereocenters. The summed E-state index contributed by atoms with van der Waals surface area (Å²) in [6.07, 6.45) is -2.64. The normalized spacial score (nSPS) is 37.6. The number of aliphatic hydroxyl groups excluding tert-OH is 1. The van der Waals surface area contributed by atoms with Gasteiger partial charge in [0.25, 0.3) is 0 Å². The topological polar surface area (TPSA) is 218 Å². The first kappa shape index (κ1) is 56.4. The number of allylic oxidation sites excluding steroid dienone is 5. The van der Waals surface area contributed by atoms with E-state index in [9.17, 15) is 33.9 Å². The summed E-state index contributed by atoms with van der Waals surface area (Å²) in [5.74, 6) is -5.41. The van der Waals surface area contributed by atoms with Crippen molar-refractivity contribution in [1.82, 2.24) is 4.90 Å². The lowest BCUT2D eigenvalue weighted by molar-refractivity contribution is -0.308. The van der Waals surface area contributed by atoms with Crippen molar-refractivity contribution in [3.63, 3.8) is 0 Å². The molecule has 3 rings (SSSR count). The summed E-state index contributed by atoms with van der Waals surface area (Å²) >= 11 is 0. The Morgan fingerprint density at radius 2 is 1.38 bits per heavy atom. The SMILES string of the molecule is CC[C@H]1OC(=O)C[C@@H](O)[C@H](C)[C@@H](O[C@H]2O[C@@H](C)[C@H](OC(C)=O)[C@@H](N(C)C)[C@@H]2OC(C)=O)[C@@H](C/C=C/C(C)=O)C[C@@H](C)C(=O)/C=C/C(C)=C/[C@@H]1CO[C@@H]1O[C@H](C)[C@@H](OC(C)=O)[C@@H](OC)[C@H]1OC. The van der Waals surface area contributed by atoms with Gasteiger partial charge in [0.2, 0.25) is 0 Å². The number of ether oxygens (including phenoxy) is 10. The van der Waals surface area contributed by atoms with Gasteiger partial charge in [-0.1, -0.05) is 44.6 Å². The minimum absolute atomic E-state index is 0.0346. The Morgan fingerprint density at radius 1 is 0.803 bits per heavy atom. The number of carbonyl (C=O) groups excluding carboxylic acids is 6. The molecule has 0 aromatic carbocycles. The molecule has 0 bridgehead atoms. The molecule has 3 aliphatic heterocycles. The lowest BCUT2D eigenvalue weighted by Gasteiger charge is -2.48. The molecular weight excluding hydrogens is 863 g/mol. The Labute approximate surface area is 389 Å². The van der Waals surface area contributed by atoms with Crippen molar-refractivity contribution in [2.75, 3.05) is 34.9 Å². The summed E-state index contributed by atoms with van der Waals surface area (Å²) < 4.78 is 60.3. The van der Waals surface area contributed by atoms with Crippen molar-refractivity contribution in [1.29, 1.82) is 0 Å². The second-order valence-electron chi connectivity index (χ2n) is 18.0. The summed E-state index contributed by atoms with van der Waals surface area (Å²) in [6, 6.07) is -0.735. The highest BCUT2D eigenvalue weighted by atomic mass is 16.7. The number of esters is 4. The van der Waals surface area contributed by atoms with E-state index < -0.39 is 134 Å². The summed E-state index contributed by atoms with van der Waals surface area (Å²) in [4.78, 5) is 78.5. The van der Waals surface area contributed by atoms with Gasteiger partial charge in [-0.2, -0.15) is 0 Å². The first-order valence-electron chi connectivity index (χ1n) is 22.8. The molecule has 0 saturated carbocycles. The van der Waals surface area contributed by atoms with Crippen LogP contribution in [0.2, 0.25) is 0 Å². The summed E-state index contributed by atoms with van der Waals surface area (Å²) in [5.41, 5.74) is 0.676. The zero-order chi connectivity index (χ0) is 49.6. The molecule has 3 heterocycles. The summed E-state index contributed by atoms with van der Waals surface area (Å²) in [6.45, 7) is 15.7. The number of hydrogen-bond acceptors (Lipinski definition) is 18. The number of rotatable bonds is 15. The van der Waals surface area contributed by atoms with Crippen molar-refractivity contribution in [2.24, 2.45) is 23.7 Å². The van der Waals surface area contributed by atoms with Crippen molar-refractivity contribution < 1.29 is 81.2 Å². The van der Waals surface area contributed by atoms with Gasteiger partial charge in [-0.25, -0.2) is 0 Å². The van der Waals surface area contributed by atoms with E-state index in [1.165, 1.54) is 54.1 Å². The maximum absolute atomic E-state index is 13.9. The molecule has 3 aliphatic rings. The van der Waals surface area contributed by atoms with Crippen LogP contribution in [0.5, 0.6) is 0 Å². The molecular formula is C48H75NO17. The van der Waals surface area contributed by atoms with Crippen molar-refractivity contribution in [3.05, 3.63) is 36.0 Å². The molecule has 0 radical (unpaired) electrons. The van der Waals surface area contributed by atoms with E-state index in [0.717, 1.165) is 0 Å². The van der Waals surface area contributed by atoms with E-state index in [1.807, 2.05) is 19.9 Å². The minimum atomic E-state index is -1.37. The zero-order valence-corrected chi connectivity index (χ0v) is 41.2. The van der Waals surface area contributed by atoms with Crippen LogP contribution in [0.25, 0.3) is 0 Å². The van der Waals surface area contributed by atoms with Gasteiger partial charge >= 0.3 is 23.9 Å². The number of methoxy groups -OCH3 is 2. The number of ketones is 2. The number of cyclic esters (lactones) is 1. The molecule has 18 heteroatoms. The molecule has 2 saturated heterocycles. The Hall–Kier alpha value is -3.88. The van der Waals surface area contributed by atoms with E-state index in [2.05, 4.69) is 0 Å². The van der Waals surface area contributed by atoms with Crippen molar-refractivity contribution >= 4 is 35.4 Å². The van der Waals surface area contributed by atoms with Crippen LogP contribution in [0.1, 0.15) is 94.9 Å². The largest absolute Gasteiger partial charge is 0.462 e. The van der Waals surface area contributed by atoms with E-state index in [0.29, 0.717) is 12.0 Å². The molecule has 0 aliphatic carbocycles. The van der Waals surface area contributed by atoms with Crippen LogP contribution in [0.15, 0.2) is 36.0 Å². The zero-order valence-electron chi connectivity index (χ0n) is 41.2. The lowest BCUT2D eigenvalue weighted by Crippen LogP contribution is -2.65. The predicted molar refractivity (Wildman–Crippen MR) is 238 cm³/mol. The van der Waals surface area contributed by atoms with Gasteiger partial charge in [0.1, 0.15) is 24.4 Å². The quantitative estimate of drug-likeness (QED) is 0.138. The number of aliphatic hydroxyl groups is 1. The third-order valence-corrected chi connectivity index (χ3v) is 12.3. The third-order valence-electron chi connectivity index (χ3n) is 12.3. The molecule has 374 valence electrons. The Morgan fingerprint density at radius 3 is 1.94 bits per heavy atom. The van der Waals surface area contributed by atoms with E-state index in [4.69, 9.17) is 47.4 Å². The molecule has 18 nitrogen and oxygen atoms in total. The highest BCUT2D eigenvalue weighted by molar-refractivity contribution is 5.91. The van der Waals surface area contributed by atoms with Crippen LogP contribution in [0.3, 0.4) is 0 Å². The van der Waals surface area contributed by atoms with Crippen molar-refractivity contribution in [3.8, 4) is 0 Å². The van der Waals surface area contributed by atoms with Gasteiger partial charge in [-0.05, 0) is 79.1 Å². The van der Waals surface area contributed by atoms with E-state index in [1.54, 1.807) is 58.8 Å². The average molecular weight is 938 g/mol. The van der Waals surface area contributed by atoms with Gasteiger partial charge in [-0.3, -0.25) is 33.7 Å². The molecule has 66 heavy (non-hydrogen) atoms. The van der Waals surface area contributed by atoms with Crippen LogP contribution in [-0.2, 0) is 76.1 Å². The molecule has 0 aromatic rings. The maximum Gasteiger partial charge on any atom is 0.308 e. The van der Waals surface area contributed by atoms with Crippen LogP contribution in [0.4, 0.5) is 0 Å². The molecule has 2 fully saturated rings. The molecule has 1 N–H and O–H groups in total. The van der Waals surface area contributed by atoms with Gasteiger partial charge in [0.05, 0.1) is 43.5 Å². The number of likely N-dealkylation sites (N-methyl/N-ethyl adjacent to an activating group) is 1. The minimum Gasteiger partial charge on any atom is -0.462 e. The monoisotopic (exact) mass is 938 g/mol. The number of hydrogen-bond donors (Lipinski definition) is 1. The molecule has 0 amide bonds. The van der Waals surface area contributed by atoms with E-state index >= 15 is 0 Å². The average Bonchev–Trinajstić information content (AvgIpc) is 3.22. The second-order valence-corrected chi connectivity index (χ2v) is 18.0. The van der Waals surface area contributed by atoms with Crippen LogP contribution >= 0.6 is 0 Å². The smallest absolute Gasteiger partial charge is 0.308 e. The molecule has 0 spiro atoms. The second kappa shape index (κ2) is 26.6. The van der Waals surface area contributed by atoms with Crippen LogP contribution in [-0.4, -0.2) is 160 Å². The summed E-state index contributed by atoms with van der Waals surface area (Å²) in [5, 5.41) is 12.0. The lowest BCUT2D eigenvalue weighted by atomic mass is 9.79. The molecule has 0 unspecified atom stereocenters. The Kier molecular flexibility index (Phi) is 22.8. The Balaban J connectivity index is 2.08. The van der Waals surface area contributed by atoms with Gasteiger partial charge in [-0.15, -0.1) is 0 Å². The highest BCUT2D eigenvalue weighted by Crippen LogP contribution is 2.37.